The van der Waals surface area contributed by atoms with Crippen molar-refractivity contribution in [1.29, 1.82) is 0 Å². The van der Waals surface area contributed by atoms with Crippen LogP contribution in [0.5, 0.6) is 0 Å². The Morgan fingerprint density at radius 2 is 1.36 bits per heavy atom. The van der Waals surface area contributed by atoms with Crippen LogP contribution in [-0.2, 0) is 9.68 Å². The lowest BCUT2D eigenvalue weighted by atomic mass is 10.8. The van der Waals surface area contributed by atoms with Gasteiger partial charge in [-0.2, -0.15) is 0 Å². The molecule has 11 heavy (non-hydrogen) atoms. The number of hydrogen-bond acceptors (Lipinski definition) is 3. The van der Waals surface area contributed by atoms with Gasteiger partial charge in [-0.15, -0.1) is 0 Å². The molecule has 0 heterocycles. The van der Waals surface area contributed by atoms with Gasteiger partial charge in [0, 0.05) is 37.2 Å². The molecule has 70 valence electrons. The normalized spacial score (nSPS) is 7.91. The molecular weight excluding hydrogens is 376 g/mol. The van der Waals surface area contributed by atoms with E-state index in [1.165, 1.54) is 0 Å². The molecule has 0 amide bonds. The summed E-state index contributed by atoms with van der Waals surface area (Å²) in [5, 5.41) is 8.43. The second kappa shape index (κ2) is 13.4. The maximum Gasteiger partial charge on any atom is 0.287 e. The van der Waals surface area contributed by atoms with Gasteiger partial charge in [0.25, 0.3) is 6.47 Å². The minimum absolute atomic E-state index is 0.181. The maximum absolute atomic E-state index is 8.64. The van der Waals surface area contributed by atoms with Gasteiger partial charge in [-0.1, -0.05) is 0 Å². The van der Waals surface area contributed by atoms with E-state index in [4.69, 9.17) is 10.1 Å². The summed E-state index contributed by atoms with van der Waals surface area (Å²) in [6.07, 6.45) is 0. The molecule has 0 spiro atoms. The molecule has 0 aliphatic heterocycles. The summed E-state index contributed by atoms with van der Waals surface area (Å²) >= 11 is 4.24. The molecule has 0 atom stereocenters. The minimum atomic E-state index is -0.181. The second-order valence-electron chi connectivity index (χ2n) is 2.88. The zero-order valence-corrected chi connectivity index (χ0v) is 11.3. The summed E-state index contributed by atoms with van der Waals surface area (Å²) in [6, 6.07) is 0. The van der Waals surface area contributed by atoms with Crippen molar-refractivity contribution in [2.24, 2.45) is 0 Å². The SMILES string of the molecule is C[N+](C)(C)C.II.O=CO[O-]. The lowest BCUT2D eigenvalue weighted by molar-refractivity contribution is -0.849. The Balaban J connectivity index is -0.0000000965. The zero-order chi connectivity index (χ0) is 9.91. The van der Waals surface area contributed by atoms with Crippen molar-refractivity contribution in [2.75, 3.05) is 28.2 Å². The lowest BCUT2D eigenvalue weighted by Gasteiger charge is -2.14. The highest BCUT2D eigenvalue weighted by molar-refractivity contribution is 15.0. The van der Waals surface area contributed by atoms with Gasteiger partial charge in [-0.25, -0.2) is 0 Å². The fraction of sp³-hybridized carbons (Fsp3) is 0.800. The number of halogens is 2. The monoisotopic (exact) mass is 389 g/mol. The third-order valence-corrected chi connectivity index (χ3v) is 0.0393. The fourth-order valence-corrected chi connectivity index (χ4v) is 0. The van der Waals surface area contributed by atoms with Crippen molar-refractivity contribution in [1.82, 2.24) is 0 Å². The van der Waals surface area contributed by atoms with Crippen molar-refractivity contribution in [2.45, 2.75) is 0 Å². The van der Waals surface area contributed by atoms with Gasteiger partial charge in [0.15, 0.2) is 0 Å². The number of carbonyl (C=O) groups excluding carboxylic acids is 1. The van der Waals surface area contributed by atoms with E-state index in [-0.39, 0.29) is 6.47 Å². The summed E-state index contributed by atoms with van der Waals surface area (Å²) in [6.45, 7) is -0.181. The first kappa shape index (κ1) is 17.8. The Bertz CT molecular complexity index is 68.6. The van der Waals surface area contributed by atoms with Crippen molar-refractivity contribution in [3.05, 3.63) is 0 Å². The van der Waals surface area contributed by atoms with Gasteiger partial charge in [0.2, 0.25) is 0 Å². The van der Waals surface area contributed by atoms with E-state index >= 15 is 0 Å². The predicted molar refractivity (Wildman–Crippen MR) is 59.1 cm³/mol. The molecule has 0 bridgehead atoms. The van der Waals surface area contributed by atoms with Gasteiger partial charge in [-0.05, 0) is 0 Å². The zero-order valence-electron chi connectivity index (χ0n) is 7.01. The van der Waals surface area contributed by atoms with E-state index in [9.17, 15) is 0 Å². The van der Waals surface area contributed by atoms with Crippen LogP contribution >= 0.6 is 37.2 Å². The summed E-state index contributed by atoms with van der Waals surface area (Å²) in [7, 11) is 8.50. The van der Waals surface area contributed by atoms with Crippen LogP contribution in [-0.4, -0.2) is 39.1 Å². The molecule has 0 saturated carbocycles. The Labute approximate surface area is 90.7 Å². The Morgan fingerprint density at radius 3 is 1.36 bits per heavy atom. The molecular formula is C5H13I2NO3. The van der Waals surface area contributed by atoms with Gasteiger partial charge < -0.3 is 14.6 Å². The molecule has 0 aliphatic carbocycles. The van der Waals surface area contributed by atoms with E-state index in [1.807, 2.05) is 0 Å². The Morgan fingerprint density at radius 1 is 1.27 bits per heavy atom. The van der Waals surface area contributed by atoms with Crippen molar-refractivity contribution < 1.29 is 19.4 Å². The first-order chi connectivity index (χ1) is 4.91. The summed E-state index contributed by atoms with van der Waals surface area (Å²) in [5.41, 5.74) is 0. The standard InChI is InChI=1S/C4H12N.CH2O3.I2/c1-5(2,3)4;2-1-4-3;1-2/h1-4H3;1,3H;/q+1;;/p-1. The quantitative estimate of drug-likeness (QED) is 0.216. The van der Waals surface area contributed by atoms with Crippen molar-refractivity contribution >= 4 is 43.7 Å². The molecule has 0 radical (unpaired) electrons. The molecule has 0 saturated heterocycles. The van der Waals surface area contributed by atoms with Crippen molar-refractivity contribution in [3.8, 4) is 0 Å². The van der Waals surface area contributed by atoms with Crippen LogP contribution in [0, 0.1) is 0 Å². The first-order valence-electron chi connectivity index (χ1n) is 2.57. The highest BCUT2D eigenvalue weighted by atomic mass is 128. The Hall–Kier alpha value is 0.850. The van der Waals surface area contributed by atoms with Crippen LogP contribution in [0.1, 0.15) is 0 Å². The number of hydrogen-bond donors (Lipinski definition) is 0. The van der Waals surface area contributed by atoms with Crippen LogP contribution in [0.25, 0.3) is 0 Å². The lowest BCUT2D eigenvalue weighted by Crippen LogP contribution is -2.27. The minimum Gasteiger partial charge on any atom is -0.662 e. The summed E-state index contributed by atoms with van der Waals surface area (Å²) in [4.78, 5) is 11.2. The molecule has 4 nitrogen and oxygen atoms in total. The van der Waals surface area contributed by atoms with Gasteiger partial charge in [0.1, 0.15) is 0 Å². The van der Waals surface area contributed by atoms with Gasteiger partial charge in [-0.3, -0.25) is 4.79 Å². The molecule has 0 aliphatic rings. The number of quaternary nitrogens is 1. The Kier molecular flexibility index (Phi) is 21.8. The van der Waals surface area contributed by atoms with Gasteiger partial charge in [0.05, 0.1) is 28.2 Å². The highest BCUT2D eigenvalue weighted by Crippen LogP contribution is 1.89. The van der Waals surface area contributed by atoms with Crippen LogP contribution in [0.3, 0.4) is 0 Å². The summed E-state index contributed by atoms with van der Waals surface area (Å²) in [5.74, 6) is 0. The molecule has 6 heteroatoms. The van der Waals surface area contributed by atoms with Crippen LogP contribution in [0.4, 0.5) is 0 Å². The summed E-state index contributed by atoms with van der Waals surface area (Å²) < 4.78 is 1.00. The average molecular weight is 389 g/mol. The van der Waals surface area contributed by atoms with Crippen LogP contribution < -0.4 is 5.26 Å². The number of nitrogens with zero attached hydrogens (tertiary/aromatic N) is 1. The largest absolute Gasteiger partial charge is 0.662 e. The first-order valence-corrected chi connectivity index (χ1v) is 8.86. The molecule has 0 aromatic carbocycles. The third kappa shape index (κ3) is 248. The molecule has 0 rings (SSSR count). The third-order valence-electron chi connectivity index (χ3n) is 0.0393. The molecule has 0 fully saturated rings. The molecule has 0 unspecified atom stereocenters. The molecule has 0 aromatic rings. The van der Waals surface area contributed by atoms with E-state index in [1.54, 1.807) is 0 Å². The topological polar surface area (TPSA) is 49.4 Å². The second-order valence-corrected chi connectivity index (χ2v) is 2.88. The van der Waals surface area contributed by atoms with E-state index < -0.39 is 0 Å². The van der Waals surface area contributed by atoms with Crippen LogP contribution in [0.15, 0.2) is 0 Å². The van der Waals surface area contributed by atoms with E-state index in [2.05, 4.69) is 70.3 Å². The van der Waals surface area contributed by atoms with Crippen LogP contribution in [0.2, 0.25) is 0 Å². The van der Waals surface area contributed by atoms with E-state index in [0.29, 0.717) is 0 Å². The van der Waals surface area contributed by atoms with Gasteiger partial charge >= 0.3 is 0 Å². The highest BCUT2D eigenvalue weighted by Gasteiger charge is 1.88. The number of rotatable bonds is 1. The predicted octanol–water partition coefficient (Wildman–Crippen LogP) is 0.528. The molecule has 0 aromatic heterocycles. The molecule has 0 N–H and O–H groups in total. The van der Waals surface area contributed by atoms with Crippen molar-refractivity contribution in [3.63, 3.8) is 0 Å². The maximum atomic E-state index is 8.64. The smallest absolute Gasteiger partial charge is 0.287 e. The van der Waals surface area contributed by atoms with E-state index in [0.717, 1.165) is 4.48 Å². The fourth-order valence-electron chi connectivity index (χ4n) is 0. The average Bonchev–Trinajstić information content (AvgIpc) is 1.89. The number of carbonyl (C=O) groups is 1.